The first-order valence-corrected chi connectivity index (χ1v) is 18.1. The van der Waals surface area contributed by atoms with E-state index in [0.717, 1.165) is 75.4 Å². The number of carbonyl (C=O) groups is 1. The standard InChI is InChI=1S/C33H43F4N7OS.C2H6/c1-20-23(3-4-28-26(20)16-29(38)44(28)14-7-22-5-12-43(13-6-22)30(45)18-34)19-42-10-8-24(9-11-42)41-31-27-15-25(17-33(35,36)37)46-32(27)40-21(2)39-31;1-2/h3-4,15-16,20,22,24,26H,5-14,17-19,38H2,1-2H3,(H,39,40,41);1-2H3. The number of hydrogen-bond donors (Lipinski definition) is 2. The summed E-state index contributed by atoms with van der Waals surface area (Å²) < 4.78 is 51.7. The number of halogens is 4. The van der Waals surface area contributed by atoms with Gasteiger partial charge in [-0.3, -0.25) is 9.69 Å². The van der Waals surface area contributed by atoms with Crippen LogP contribution in [0.1, 0.15) is 63.6 Å². The van der Waals surface area contributed by atoms with Gasteiger partial charge in [-0.1, -0.05) is 32.4 Å². The van der Waals surface area contributed by atoms with Crippen LogP contribution in [0.3, 0.4) is 0 Å². The van der Waals surface area contributed by atoms with Crippen molar-refractivity contribution in [3.63, 3.8) is 0 Å². The highest BCUT2D eigenvalue weighted by atomic mass is 32.1. The summed E-state index contributed by atoms with van der Waals surface area (Å²) in [6.45, 7) is 12.0. The number of fused-ring (bicyclic) bond motifs is 2. The molecule has 0 radical (unpaired) electrons. The zero-order valence-corrected chi connectivity index (χ0v) is 29.3. The first-order chi connectivity index (χ1) is 23.0. The number of aromatic nitrogens is 2. The maximum absolute atomic E-state index is 13.0. The molecule has 2 aromatic rings. The Morgan fingerprint density at radius 3 is 2.46 bits per heavy atom. The molecule has 2 fully saturated rings. The Morgan fingerprint density at radius 1 is 1.08 bits per heavy atom. The van der Waals surface area contributed by atoms with Crippen LogP contribution in [-0.2, 0) is 11.2 Å². The Morgan fingerprint density at radius 2 is 1.79 bits per heavy atom. The number of alkyl halides is 4. The molecule has 2 saturated heterocycles. The molecule has 2 unspecified atom stereocenters. The van der Waals surface area contributed by atoms with Crippen LogP contribution in [0.15, 0.2) is 41.4 Å². The summed E-state index contributed by atoms with van der Waals surface area (Å²) >= 11 is 1.08. The smallest absolute Gasteiger partial charge is 0.385 e. The van der Waals surface area contributed by atoms with E-state index in [4.69, 9.17) is 5.73 Å². The van der Waals surface area contributed by atoms with Crippen molar-refractivity contribution >= 4 is 33.3 Å². The first kappa shape index (κ1) is 36.1. The van der Waals surface area contributed by atoms with Gasteiger partial charge < -0.3 is 20.9 Å². The fraction of sp³-hybridized carbons (Fsp3) is 0.629. The molecular weight excluding hydrogens is 642 g/mol. The van der Waals surface area contributed by atoms with E-state index in [0.29, 0.717) is 46.8 Å². The van der Waals surface area contributed by atoms with Gasteiger partial charge in [0.2, 0.25) is 0 Å². The first-order valence-electron chi connectivity index (χ1n) is 17.3. The summed E-state index contributed by atoms with van der Waals surface area (Å²) in [4.78, 5) is 27.8. The largest absolute Gasteiger partial charge is 0.393 e. The number of thiophene rings is 1. The van der Waals surface area contributed by atoms with Crippen LogP contribution in [0.5, 0.6) is 0 Å². The molecule has 2 aromatic heterocycles. The molecule has 5 heterocycles. The lowest BCUT2D eigenvalue weighted by molar-refractivity contribution is -0.133. The topological polar surface area (TPSA) is 90.6 Å². The van der Waals surface area contributed by atoms with Crippen molar-refractivity contribution in [3.8, 4) is 0 Å². The molecule has 3 aliphatic heterocycles. The van der Waals surface area contributed by atoms with Crippen molar-refractivity contribution in [2.24, 2.45) is 23.5 Å². The minimum atomic E-state index is -4.26. The van der Waals surface area contributed by atoms with Gasteiger partial charge in [0.15, 0.2) is 6.67 Å². The number of aryl methyl sites for hydroxylation is 1. The third-order valence-electron chi connectivity index (χ3n) is 10.0. The third-order valence-corrected chi connectivity index (χ3v) is 11.0. The predicted octanol–water partition coefficient (Wildman–Crippen LogP) is 6.80. The maximum Gasteiger partial charge on any atom is 0.393 e. The molecule has 0 saturated carbocycles. The third kappa shape index (κ3) is 8.50. The van der Waals surface area contributed by atoms with E-state index in [9.17, 15) is 22.4 Å². The Bertz CT molecular complexity index is 1520. The van der Waals surface area contributed by atoms with Gasteiger partial charge >= 0.3 is 6.18 Å². The average Bonchev–Trinajstić information content (AvgIpc) is 3.61. The molecule has 264 valence electrons. The molecule has 0 spiro atoms. The molecule has 1 aliphatic carbocycles. The lowest BCUT2D eigenvalue weighted by Gasteiger charge is -2.37. The van der Waals surface area contributed by atoms with Gasteiger partial charge in [-0.15, -0.1) is 11.3 Å². The normalized spacial score (nSPS) is 22.5. The van der Waals surface area contributed by atoms with Gasteiger partial charge in [0.25, 0.3) is 5.91 Å². The molecule has 6 rings (SSSR count). The molecule has 3 N–H and O–H groups in total. The molecule has 2 atom stereocenters. The zero-order chi connectivity index (χ0) is 34.6. The van der Waals surface area contributed by atoms with E-state index in [-0.39, 0.29) is 16.8 Å². The number of rotatable bonds is 9. The van der Waals surface area contributed by atoms with E-state index in [1.54, 1.807) is 17.9 Å². The van der Waals surface area contributed by atoms with Crippen LogP contribution >= 0.6 is 11.3 Å². The quantitative estimate of drug-likeness (QED) is 0.280. The number of amides is 1. The molecule has 0 aromatic carbocycles. The summed E-state index contributed by atoms with van der Waals surface area (Å²) in [5.41, 5.74) is 9.17. The molecule has 13 heteroatoms. The van der Waals surface area contributed by atoms with Crippen LogP contribution in [-0.4, -0.2) is 88.7 Å². The van der Waals surface area contributed by atoms with Crippen LogP contribution in [0.4, 0.5) is 23.4 Å². The van der Waals surface area contributed by atoms with E-state index >= 15 is 0 Å². The van der Waals surface area contributed by atoms with Crippen LogP contribution in [0.25, 0.3) is 10.2 Å². The minimum Gasteiger partial charge on any atom is -0.385 e. The summed E-state index contributed by atoms with van der Waals surface area (Å²) in [6.07, 6.45) is 6.09. The van der Waals surface area contributed by atoms with Gasteiger partial charge in [0.1, 0.15) is 16.5 Å². The summed E-state index contributed by atoms with van der Waals surface area (Å²) in [5.74, 6) is 2.66. The fourth-order valence-corrected chi connectivity index (χ4v) is 8.45. The van der Waals surface area contributed by atoms with E-state index in [2.05, 4.69) is 50.2 Å². The van der Waals surface area contributed by atoms with Crippen molar-refractivity contribution in [2.75, 3.05) is 51.3 Å². The number of carbonyl (C=O) groups excluding carboxylic acids is 1. The van der Waals surface area contributed by atoms with E-state index in [1.807, 2.05) is 13.8 Å². The number of nitrogens with one attached hydrogen (secondary N) is 1. The number of hydrogen-bond acceptors (Lipinski definition) is 8. The van der Waals surface area contributed by atoms with Crippen molar-refractivity contribution in [3.05, 3.63) is 52.1 Å². The second-order valence-corrected chi connectivity index (χ2v) is 14.3. The minimum absolute atomic E-state index is 0.187. The number of nitrogens with zero attached hydrogens (tertiary/aromatic N) is 5. The predicted molar refractivity (Wildman–Crippen MR) is 184 cm³/mol. The van der Waals surface area contributed by atoms with Crippen molar-refractivity contribution < 1.29 is 22.4 Å². The molecule has 1 amide bonds. The molecule has 8 nitrogen and oxygen atoms in total. The average molecular weight is 692 g/mol. The monoisotopic (exact) mass is 691 g/mol. The Hall–Kier alpha value is -3.19. The highest BCUT2D eigenvalue weighted by Crippen LogP contribution is 2.41. The Balaban J connectivity index is 0.00000221. The number of piperidine rings is 2. The van der Waals surface area contributed by atoms with E-state index < -0.39 is 25.2 Å². The number of likely N-dealkylation sites (tertiary alicyclic amines) is 2. The number of anilines is 1. The van der Waals surface area contributed by atoms with Gasteiger partial charge in [-0.05, 0) is 69.1 Å². The summed E-state index contributed by atoms with van der Waals surface area (Å²) in [7, 11) is 0. The molecule has 0 bridgehead atoms. The van der Waals surface area contributed by atoms with Crippen molar-refractivity contribution in [2.45, 2.75) is 78.4 Å². The van der Waals surface area contributed by atoms with Crippen LogP contribution < -0.4 is 11.1 Å². The second kappa shape index (κ2) is 15.6. The maximum atomic E-state index is 13.0. The lowest BCUT2D eigenvalue weighted by Crippen LogP contribution is -2.41. The lowest BCUT2D eigenvalue weighted by atomic mass is 9.81. The molecular formula is C35H49F4N7OS. The number of nitrogens with two attached hydrogens (primary N) is 1. The summed E-state index contributed by atoms with van der Waals surface area (Å²) in [6, 6.07) is 1.77. The highest BCUT2D eigenvalue weighted by molar-refractivity contribution is 7.18. The van der Waals surface area contributed by atoms with Gasteiger partial charge in [0.05, 0.1) is 17.6 Å². The zero-order valence-electron chi connectivity index (χ0n) is 28.5. The van der Waals surface area contributed by atoms with Gasteiger partial charge in [-0.2, -0.15) is 13.2 Å². The second-order valence-electron chi connectivity index (χ2n) is 13.2. The highest BCUT2D eigenvalue weighted by Gasteiger charge is 2.36. The Labute approximate surface area is 285 Å². The van der Waals surface area contributed by atoms with E-state index in [1.165, 1.54) is 11.3 Å². The SMILES string of the molecule is CC.Cc1nc(NC2CCN(CC3=CC=C4C(C=C(N)N4CCC4CCN(C(=O)CF)CC4)C3C)CC2)c2cc(CC(F)(F)F)sc2n1. The van der Waals surface area contributed by atoms with Crippen molar-refractivity contribution in [1.82, 2.24) is 24.7 Å². The van der Waals surface area contributed by atoms with Crippen LogP contribution in [0.2, 0.25) is 0 Å². The number of allylic oxidation sites excluding steroid dienone is 3. The van der Waals surface area contributed by atoms with Crippen LogP contribution in [0, 0.1) is 24.7 Å². The Kier molecular flexibility index (Phi) is 11.7. The van der Waals surface area contributed by atoms with Crippen molar-refractivity contribution in [1.29, 1.82) is 0 Å². The molecule has 48 heavy (non-hydrogen) atoms. The van der Waals surface area contributed by atoms with Gasteiger partial charge in [-0.25, -0.2) is 14.4 Å². The molecule has 4 aliphatic rings. The fourth-order valence-electron chi connectivity index (χ4n) is 7.35. The summed E-state index contributed by atoms with van der Waals surface area (Å²) in [5, 5.41) is 4.18. The van der Waals surface area contributed by atoms with Gasteiger partial charge in [0, 0.05) is 61.8 Å².